The van der Waals surface area contributed by atoms with Gasteiger partial charge in [0.15, 0.2) is 0 Å². The van der Waals surface area contributed by atoms with E-state index in [1.54, 1.807) is 0 Å². The van der Waals surface area contributed by atoms with E-state index in [1.165, 1.54) is 30.6 Å². The van der Waals surface area contributed by atoms with E-state index in [2.05, 4.69) is 9.88 Å². The van der Waals surface area contributed by atoms with Gasteiger partial charge in [0.05, 0.1) is 6.54 Å². The first-order valence-corrected chi connectivity index (χ1v) is 8.26. The molecule has 1 aromatic carbocycles. The van der Waals surface area contributed by atoms with Gasteiger partial charge in [0, 0.05) is 10.1 Å². The Hall–Kier alpha value is -1.72. The Morgan fingerprint density at radius 1 is 1.19 bits per heavy atom. The number of hydrogen-bond donors (Lipinski definition) is 1. The van der Waals surface area contributed by atoms with Crippen molar-refractivity contribution in [2.45, 2.75) is 25.8 Å². The average Bonchev–Trinajstić information content (AvgIpc) is 2.93. The maximum absolute atomic E-state index is 12.2. The molecule has 2 aromatic heterocycles. The Bertz CT molecular complexity index is 845. The Kier molecular flexibility index (Phi) is 3.24. The largest absolute Gasteiger partial charge is 0.337 e. The molecule has 0 aliphatic carbocycles. The lowest BCUT2D eigenvalue weighted by atomic mass is 10.1. The van der Waals surface area contributed by atoms with Crippen LogP contribution in [-0.2, 0) is 6.54 Å². The molecule has 3 heterocycles. The second-order valence-corrected chi connectivity index (χ2v) is 6.64. The summed E-state index contributed by atoms with van der Waals surface area (Å²) in [5.74, 6) is 0.910. The van der Waals surface area contributed by atoms with Crippen molar-refractivity contribution >= 4 is 32.5 Å². The van der Waals surface area contributed by atoms with Crippen molar-refractivity contribution < 1.29 is 0 Å². The van der Waals surface area contributed by atoms with Crippen molar-refractivity contribution in [3.05, 3.63) is 39.6 Å². The van der Waals surface area contributed by atoms with Crippen molar-refractivity contribution in [2.75, 3.05) is 13.1 Å². The molecule has 1 fully saturated rings. The number of nitrogens with one attached hydrogen (secondary N) is 1. The first-order chi connectivity index (χ1) is 10.3. The van der Waals surface area contributed by atoms with E-state index in [9.17, 15) is 4.79 Å². The number of nitrogens with zero attached hydrogens (tertiary/aromatic N) is 2. The van der Waals surface area contributed by atoms with Crippen LogP contribution in [0.5, 0.6) is 0 Å². The van der Waals surface area contributed by atoms with E-state index in [1.807, 2.05) is 24.3 Å². The van der Waals surface area contributed by atoms with Gasteiger partial charge in [0.1, 0.15) is 16.9 Å². The van der Waals surface area contributed by atoms with Crippen LogP contribution in [0.2, 0.25) is 0 Å². The molecule has 0 atom stereocenters. The zero-order valence-corrected chi connectivity index (χ0v) is 12.6. The van der Waals surface area contributed by atoms with Crippen LogP contribution in [0.4, 0.5) is 0 Å². The van der Waals surface area contributed by atoms with Gasteiger partial charge in [-0.05, 0) is 32.0 Å². The maximum Gasteiger partial charge on any atom is 0.258 e. The molecule has 0 radical (unpaired) electrons. The first-order valence-electron chi connectivity index (χ1n) is 7.44. The molecule has 21 heavy (non-hydrogen) atoms. The molecule has 0 spiro atoms. The van der Waals surface area contributed by atoms with Crippen molar-refractivity contribution in [1.29, 1.82) is 0 Å². The highest BCUT2D eigenvalue weighted by atomic mass is 32.1. The number of H-pyrrole nitrogens is 1. The van der Waals surface area contributed by atoms with Gasteiger partial charge in [0.25, 0.3) is 4.74 Å². The fraction of sp³-hybridized carbons (Fsp3) is 0.375. The molecule has 3 aromatic rings. The molecule has 0 unspecified atom stereocenters. The van der Waals surface area contributed by atoms with Crippen LogP contribution in [0.1, 0.15) is 25.1 Å². The predicted molar refractivity (Wildman–Crippen MR) is 86.9 cm³/mol. The summed E-state index contributed by atoms with van der Waals surface area (Å²) in [6, 6.07) is 7.99. The van der Waals surface area contributed by atoms with Gasteiger partial charge >= 0.3 is 0 Å². The van der Waals surface area contributed by atoms with Crippen LogP contribution < -0.4 is 4.74 Å². The third-order valence-corrected chi connectivity index (χ3v) is 5.09. The molecule has 108 valence electrons. The summed E-state index contributed by atoms with van der Waals surface area (Å²) in [4.78, 5) is 22.6. The summed E-state index contributed by atoms with van der Waals surface area (Å²) in [6.07, 6.45) is 3.85. The van der Waals surface area contributed by atoms with E-state index in [0.29, 0.717) is 5.52 Å². The highest BCUT2D eigenvalue weighted by Gasteiger charge is 2.15. The second-order valence-electron chi connectivity index (χ2n) is 5.63. The number of rotatable bonds is 2. The Labute approximate surface area is 126 Å². The van der Waals surface area contributed by atoms with Crippen LogP contribution in [-0.4, -0.2) is 28.0 Å². The molecule has 4 rings (SSSR count). The van der Waals surface area contributed by atoms with E-state index in [4.69, 9.17) is 4.98 Å². The highest BCUT2D eigenvalue weighted by Crippen LogP contribution is 2.24. The monoisotopic (exact) mass is 299 g/mol. The normalized spacial score (nSPS) is 16.8. The number of hydrogen-bond acceptors (Lipinski definition) is 4. The highest BCUT2D eigenvalue weighted by molar-refractivity contribution is 7.16. The van der Waals surface area contributed by atoms with Crippen molar-refractivity contribution in [1.82, 2.24) is 14.9 Å². The van der Waals surface area contributed by atoms with Crippen molar-refractivity contribution in [3.63, 3.8) is 0 Å². The van der Waals surface area contributed by atoms with Gasteiger partial charge in [-0.25, -0.2) is 4.98 Å². The minimum absolute atomic E-state index is 0.0705. The molecule has 1 N–H and O–H groups in total. The first kappa shape index (κ1) is 13.0. The molecule has 0 bridgehead atoms. The zero-order valence-electron chi connectivity index (χ0n) is 11.8. The van der Waals surface area contributed by atoms with Crippen molar-refractivity contribution in [2.24, 2.45) is 0 Å². The summed E-state index contributed by atoms with van der Waals surface area (Å²) in [5.41, 5.74) is 1.48. The molecule has 1 aliphatic heterocycles. The SMILES string of the molecule is O=c1sc2ccccc2c2nc(CN3CCCCC3)[nH]c12. The Morgan fingerprint density at radius 2 is 2.00 bits per heavy atom. The van der Waals surface area contributed by atoms with Gasteiger partial charge in [-0.2, -0.15) is 0 Å². The standard InChI is InChI=1S/C16H17N3OS/c20-16-15-14(11-6-2-3-7-12(11)21-16)17-13(18-15)10-19-8-4-1-5-9-19/h2-3,6-7H,1,4-5,8-10H2,(H,17,18). The van der Waals surface area contributed by atoms with Gasteiger partial charge in [-0.3, -0.25) is 9.69 Å². The quantitative estimate of drug-likeness (QED) is 0.791. The van der Waals surface area contributed by atoms with Gasteiger partial charge in [0.2, 0.25) is 0 Å². The molecule has 0 saturated carbocycles. The lowest BCUT2D eigenvalue weighted by Crippen LogP contribution is -2.29. The number of likely N-dealkylation sites (tertiary alicyclic amines) is 1. The summed E-state index contributed by atoms with van der Waals surface area (Å²) < 4.78 is 1.08. The van der Waals surface area contributed by atoms with E-state index in [0.717, 1.165) is 41.1 Å². The zero-order chi connectivity index (χ0) is 14.2. The van der Waals surface area contributed by atoms with E-state index in [-0.39, 0.29) is 4.74 Å². The van der Waals surface area contributed by atoms with Crippen LogP contribution in [0.3, 0.4) is 0 Å². The summed E-state index contributed by atoms with van der Waals surface area (Å²) in [7, 11) is 0. The molecule has 5 heteroatoms. The van der Waals surface area contributed by atoms with Crippen LogP contribution in [0.25, 0.3) is 21.1 Å². The predicted octanol–water partition coefficient (Wildman–Crippen LogP) is 3.12. The minimum Gasteiger partial charge on any atom is -0.337 e. The fourth-order valence-corrected chi connectivity index (χ4v) is 3.94. The summed E-state index contributed by atoms with van der Waals surface area (Å²) >= 11 is 1.29. The summed E-state index contributed by atoms with van der Waals surface area (Å²) in [6.45, 7) is 3.07. The second kappa shape index (κ2) is 5.24. The number of piperidine rings is 1. The van der Waals surface area contributed by atoms with Crippen molar-refractivity contribution in [3.8, 4) is 0 Å². The third-order valence-electron chi connectivity index (χ3n) is 4.12. The molecule has 1 saturated heterocycles. The van der Waals surface area contributed by atoms with Crippen LogP contribution >= 0.6 is 11.3 Å². The lowest BCUT2D eigenvalue weighted by molar-refractivity contribution is 0.216. The van der Waals surface area contributed by atoms with Gasteiger partial charge in [-0.15, -0.1) is 0 Å². The lowest BCUT2D eigenvalue weighted by Gasteiger charge is -2.25. The average molecular weight is 299 g/mol. The van der Waals surface area contributed by atoms with E-state index >= 15 is 0 Å². The number of imidazole rings is 1. The Balaban J connectivity index is 1.79. The van der Waals surface area contributed by atoms with Gasteiger partial charge in [-0.1, -0.05) is 36.0 Å². The molecular formula is C16H17N3OS. The molecular weight excluding hydrogens is 282 g/mol. The molecule has 1 aliphatic rings. The number of fused-ring (bicyclic) bond motifs is 3. The number of aromatic amines is 1. The number of benzene rings is 1. The maximum atomic E-state index is 12.2. The van der Waals surface area contributed by atoms with Crippen LogP contribution in [0, 0.1) is 0 Å². The summed E-state index contributed by atoms with van der Waals surface area (Å²) in [5, 5.41) is 1.07. The fourth-order valence-electron chi connectivity index (χ4n) is 3.07. The third kappa shape index (κ3) is 2.36. The molecule has 4 nitrogen and oxygen atoms in total. The number of aromatic nitrogens is 2. The van der Waals surface area contributed by atoms with Gasteiger partial charge < -0.3 is 4.98 Å². The topological polar surface area (TPSA) is 49.0 Å². The minimum atomic E-state index is 0.0705. The van der Waals surface area contributed by atoms with Crippen LogP contribution in [0.15, 0.2) is 29.1 Å². The Morgan fingerprint density at radius 3 is 2.86 bits per heavy atom. The smallest absolute Gasteiger partial charge is 0.258 e. The van der Waals surface area contributed by atoms with E-state index < -0.39 is 0 Å². The molecule has 0 amide bonds.